The third kappa shape index (κ3) is 5.72. The Morgan fingerprint density at radius 2 is 1.81 bits per heavy atom. The Kier molecular flexibility index (Phi) is 7.28. The molecule has 0 radical (unpaired) electrons. The van der Waals surface area contributed by atoms with Crippen molar-refractivity contribution >= 4 is 12.2 Å². The van der Waals surface area contributed by atoms with Gasteiger partial charge in [-0.25, -0.2) is 9.59 Å². The van der Waals surface area contributed by atoms with Gasteiger partial charge in [0.15, 0.2) is 0 Å². The van der Waals surface area contributed by atoms with Crippen LogP contribution in [0.5, 0.6) is 5.75 Å². The second kappa shape index (κ2) is 9.94. The number of nitrogens with zero attached hydrogens (tertiary/aromatic N) is 1. The highest BCUT2D eigenvalue weighted by atomic mass is 16.6. The molecular weight excluding hydrogens is 408 g/mol. The van der Waals surface area contributed by atoms with Crippen molar-refractivity contribution in [2.45, 2.75) is 58.4 Å². The van der Waals surface area contributed by atoms with Gasteiger partial charge in [0.1, 0.15) is 18.0 Å². The van der Waals surface area contributed by atoms with E-state index < -0.39 is 23.8 Å². The number of ether oxygens (including phenoxy) is 3. The van der Waals surface area contributed by atoms with Crippen LogP contribution in [0.3, 0.4) is 0 Å². The third-order valence-corrected chi connectivity index (χ3v) is 5.40. The molecule has 3 rings (SSSR count). The summed E-state index contributed by atoms with van der Waals surface area (Å²) in [7, 11) is 1.61. The van der Waals surface area contributed by atoms with Crippen LogP contribution in [0.25, 0.3) is 0 Å². The maximum atomic E-state index is 13.1. The Bertz CT molecular complexity index is 939. The van der Waals surface area contributed by atoms with E-state index in [1.165, 1.54) is 0 Å². The van der Waals surface area contributed by atoms with Gasteiger partial charge in [0, 0.05) is 6.54 Å². The minimum atomic E-state index is -0.613. The monoisotopic (exact) mass is 440 g/mol. The lowest BCUT2D eigenvalue weighted by Gasteiger charge is -2.30. The molecule has 0 saturated carbocycles. The van der Waals surface area contributed by atoms with Crippen molar-refractivity contribution in [1.82, 2.24) is 10.2 Å². The lowest BCUT2D eigenvalue weighted by Crippen LogP contribution is -2.43. The van der Waals surface area contributed by atoms with Crippen molar-refractivity contribution in [3.63, 3.8) is 0 Å². The van der Waals surface area contributed by atoms with Gasteiger partial charge < -0.3 is 19.5 Å². The van der Waals surface area contributed by atoms with Crippen molar-refractivity contribution in [2.24, 2.45) is 0 Å². The molecule has 2 aromatic carbocycles. The molecule has 1 saturated heterocycles. The van der Waals surface area contributed by atoms with Crippen LogP contribution < -0.4 is 10.1 Å². The van der Waals surface area contributed by atoms with Crippen molar-refractivity contribution < 1.29 is 23.8 Å². The first kappa shape index (κ1) is 23.4. The van der Waals surface area contributed by atoms with Crippen LogP contribution >= 0.6 is 0 Å². The minimum absolute atomic E-state index is 0.185. The van der Waals surface area contributed by atoms with E-state index in [-0.39, 0.29) is 12.6 Å². The first-order chi connectivity index (χ1) is 15.2. The van der Waals surface area contributed by atoms with Gasteiger partial charge in [-0.05, 0) is 56.9 Å². The number of hydrogen-bond acceptors (Lipinski definition) is 5. The number of carbonyl (C=O) groups excluding carboxylic acids is 2. The van der Waals surface area contributed by atoms with Crippen LogP contribution in [-0.2, 0) is 16.1 Å². The van der Waals surface area contributed by atoms with Gasteiger partial charge in [0.2, 0.25) is 0 Å². The summed E-state index contributed by atoms with van der Waals surface area (Å²) in [5, 5.41) is 2.96. The van der Waals surface area contributed by atoms with Crippen LogP contribution in [0.1, 0.15) is 49.9 Å². The molecule has 1 fully saturated rings. The van der Waals surface area contributed by atoms with E-state index in [1.807, 2.05) is 76.2 Å². The molecule has 0 unspecified atom stereocenters. The molecule has 172 valence electrons. The normalized spacial score (nSPS) is 18.2. The van der Waals surface area contributed by atoms with Gasteiger partial charge in [0.05, 0.1) is 19.2 Å². The fourth-order valence-electron chi connectivity index (χ4n) is 3.97. The van der Waals surface area contributed by atoms with Crippen molar-refractivity contribution in [3.8, 4) is 5.75 Å². The average Bonchev–Trinajstić information content (AvgIpc) is 3.14. The highest BCUT2D eigenvalue weighted by Gasteiger charge is 2.41. The predicted octanol–water partition coefficient (Wildman–Crippen LogP) is 4.98. The summed E-state index contributed by atoms with van der Waals surface area (Å²) in [6.07, 6.45) is -0.344. The molecule has 2 amide bonds. The molecule has 32 heavy (non-hydrogen) atoms. The maximum Gasteiger partial charge on any atom is 0.410 e. The molecule has 0 aliphatic carbocycles. The fraction of sp³-hybridized carbons (Fsp3) is 0.440. The molecule has 7 heteroatoms. The number of carbonyl (C=O) groups is 2. The van der Waals surface area contributed by atoms with E-state index in [2.05, 4.69) is 5.32 Å². The summed E-state index contributed by atoms with van der Waals surface area (Å²) in [4.78, 5) is 27.2. The van der Waals surface area contributed by atoms with Gasteiger partial charge in [-0.15, -0.1) is 0 Å². The molecule has 1 aliphatic heterocycles. The Balaban J connectivity index is 1.84. The number of alkyl carbamates (subject to hydrolysis) is 1. The highest BCUT2D eigenvalue weighted by molar-refractivity contribution is 5.71. The minimum Gasteiger partial charge on any atom is -0.496 e. The largest absolute Gasteiger partial charge is 0.496 e. The standard InChI is InChI=1S/C25H32N2O5/c1-17-19(12-9-13-21(17)30-5)22-20(26-23(28)32-25(2,3)4)14-15-27(22)24(29)31-16-18-10-7-6-8-11-18/h6-13,20,22H,14-16H2,1-5H3,(H,26,28)/t20-,22-/m1/s1. The molecule has 1 heterocycles. The van der Waals surface area contributed by atoms with Gasteiger partial charge in [0.25, 0.3) is 0 Å². The van der Waals surface area contributed by atoms with Gasteiger partial charge >= 0.3 is 12.2 Å². The number of benzene rings is 2. The van der Waals surface area contributed by atoms with Gasteiger partial charge in [-0.3, -0.25) is 4.90 Å². The number of hydrogen-bond donors (Lipinski definition) is 1. The molecule has 7 nitrogen and oxygen atoms in total. The number of amides is 2. The van der Waals surface area contributed by atoms with E-state index in [0.717, 1.165) is 22.4 Å². The topological polar surface area (TPSA) is 77.1 Å². The lowest BCUT2D eigenvalue weighted by molar-refractivity contribution is 0.0481. The Labute approximate surface area is 189 Å². The summed E-state index contributed by atoms with van der Waals surface area (Å²) in [5.74, 6) is 0.725. The lowest BCUT2D eigenvalue weighted by atomic mass is 9.95. The Hall–Kier alpha value is -3.22. The predicted molar refractivity (Wildman–Crippen MR) is 122 cm³/mol. The average molecular weight is 441 g/mol. The SMILES string of the molecule is COc1cccc([C@@H]2[C@H](NC(=O)OC(C)(C)C)CCN2C(=O)OCc2ccccc2)c1C. The molecule has 1 aliphatic rings. The zero-order valence-corrected chi connectivity index (χ0v) is 19.4. The molecule has 0 aromatic heterocycles. The summed E-state index contributed by atoms with van der Waals surface area (Å²) >= 11 is 0. The van der Waals surface area contributed by atoms with Gasteiger partial charge in [-0.1, -0.05) is 42.5 Å². The molecule has 2 aromatic rings. The number of rotatable bonds is 5. The second-order valence-corrected chi connectivity index (χ2v) is 8.89. The Morgan fingerprint density at radius 3 is 2.47 bits per heavy atom. The van der Waals surface area contributed by atoms with Gasteiger partial charge in [-0.2, -0.15) is 0 Å². The van der Waals surface area contributed by atoms with E-state index in [0.29, 0.717) is 13.0 Å². The van der Waals surface area contributed by atoms with E-state index in [1.54, 1.807) is 12.0 Å². The zero-order valence-electron chi connectivity index (χ0n) is 19.4. The summed E-state index contributed by atoms with van der Waals surface area (Å²) in [6, 6.07) is 14.5. The summed E-state index contributed by atoms with van der Waals surface area (Å²) < 4.78 is 16.5. The highest BCUT2D eigenvalue weighted by Crippen LogP contribution is 2.37. The zero-order chi connectivity index (χ0) is 23.3. The van der Waals surface area contributed by atoms with Crippen LogP contribution in [0.15, 0.2) is 48.5 Å². The first-order valence-corrected chi connectivity index (χ1v) is 10.8. The molecule has 0 spiro atoms. The summed E-state index contributed by atoms with van der Waals surface area (Å²) in [5.41, 5.74) is 2.12. The summed E-state index contributed by atoms with van der Waals surface area (Å²) in [6.45, 7) is 8.04. The number of likely N-dealkylation sites (tertiary alicyclic amines) is 1. The van der Waals surface area contributed by atoms with E-state index in [9.17, 15) is 9.59 Å². The second-order valence-electron chi connectivity index (χ2n) is 8.89. The van der Waals surface area contributed by atoms with Crippen molar-refractivity contribution in [3.05, 3.63) is 65.2 Å². The maximum absolute atomic E-state index is 13.1. The van der Waals surface area contributed by atoms with Crippen LogP contribution in [0.2, 0.25) is 0 Å². The first-order valence-electron chi connectivity index (χ1n) is 10.8. The molecule has 2 atom stereocenters. The van der Waals surface area contributed by atoms with Crippen molar-refractivity contribution in [1.29, 1.82) is 0 Å². The third-order valence-electron chi connectivity index (χ3n) is 5.40. The number of nitrogens with one attached hydrogen (secondary N) is 1. The molecule has 0 bridgehead atoms. The van der Waals surface area contributed by atoms with Crippen LogP contribution in [0, 0.1) is 6.92 Å². The fourth-order valence-corrected chi connectivity index (χ4v) is 3.97. The smallest absolute Gasteiger partial charge is 0.410 e. The van der Waals surface area contributed by atoms with E-state index >= 15 is 0 Å². The number of methoxy groups -OCH3 is 1. The van der Waals surface area contributed by atoms with E-state index in [4.69, 9.17) is 14.2 Å². The molecular formula is C25H32N2O5. The van der Waals surface area contributed by atoms with Crippen LogP contribution in [0.4, 0.5) is 9.59 Å². The Morgan fingerprint density at radius 1 is 1.09 bits per heavy atom. The van der Waals surface area contributed by atoms with Crippen molar-refractivity contribution in [2.75, 3.05) is 13.7 Å². The van der Waals surface area contributed by atoms with Crippen LogP contribution in [-0.4, -0.2) is 42.4 Å². The quantitative estimate of drug-likeness (QED) is 0.710. The molecule has 1 N–H and O–H groups in total.